The molecule has 192 valence electrons. The number of benzene rings is 1. The lowest BCUT2D eigenvalue weighted by Gasteiger charge is -2.42. The normalized spacial score (nSPS) is 25.7. The highest BCUT2D eigenvalue weighted by Crippen LogP contribution is 2.33. The molecule has 35 heavy (non-hydrogen) atoms. The summed E-state index contributed by atoms with van der Waals surface area (Å²) in [5.41, 5.74) is 1.42. The summed E-state index contributed by atoms with van der Waals surface area (Å²) < 4.78 is 0. The molecule has 2 heterocycles. The number of rotatable bonds is 10. The van der Waals surface area contributed by atoms with Gasteiger partial charge in [-0.1, -0.05) is 50.1 Å². The van der Waals surface area contributed by atoms with Crippen LogP contribution in [0.15, 0.2) is 30.3 Å². The lowest BCUT2D eigenvalue weighted by atomic mass is 9.76. The molecular formula is C28H42N4O3. The van der Waals surface area contributed by atoms with Crippen molar-refractivity contribution in [3.63, 3.8) is 0 Å². The summed E-state index contributed by atoms with van der Waals surface area (Å²) in [4.78, 5) is 42.0. The van der Waals surface area contributed by atoms with E-state index < -0.39 is 0 Å². The molecule has 3 unspecified atom stereocenters. The number of amides is 4. The summed E-state index contributed by atoms with van der Waals surface area (Å²) in [5.74, 6) is 0.441. The lowest BCUT2D eigenvalue weighted by molar-refractivity contribution is -0.139. The van der Waals surface area contributed by atoms with Crippen molar-refractivity contribution in [2.45, 2.75) is 70.8 Å². The molecule has 2 N–H and O–H groups in total. The summed E-state index contributed by atoms with van der Waals surface area (Å²) in [6.45, 7) is 6.31. The molecule has 3 atom stereocenters. The monoisotopic (exact) mass is 482 g/mol. The Morgan fingerprint density at radius 1 is 1.03 bits per heavy atom. The molecular weight excluding hydrogens is 440 g/mol. The van der Waals surface area contributed by atoms with Crippen molar-refractivity contribution in [1.82, 2.24) is 20.4 Å². The topological polar surface area (TPSA) is 81.8 Å². The minimum atomic E-state index is -0.288. The Morgan fingerprint density at radius 3 is 2.54 bits per heavy atom. The van der Waals surface area contributed by atoms with E-state index in [1.807, 2.05) is 0 Å². The first kappa shape index (κ1) is 25.7. The third-order valence-electron chi connectivity index (χ3n) is 8.15. The van der Waals surface area contributed by atoms with Gasteiger partial charge in [-0.15, -0.1) is 0 Å². The maximum atomic E-state index is 12.9. The van der Waals surface area contributed by atoms with Gasteiger partial charge in [0.15, 0.2) is 0 Å². The number of piperidine rings is 1. The first-order valence-corrected chi connectivity index (χ1v) is 13.7. The zero-order valence-electron chi connectivity index (χ0n) is 21.2. The number of hydrogen-bond donors (Lipinski definition) is 2. The quantitative estimate of drug-likeness (QED) is 0.500. The van der Waals surface area contributed by atoms with Crippen molar-refractivity contribution in [2.75, 3.05) is 32.7 Å². The van der Waals surface area contributed by atoms with E-state index in [4.69, 9.17) is 0 Å². The van der Waals surface area contributed by atoms with Crippen molar-refractivity contribution in [3.05, 3.63) is 35.9 Å². The van der Waals surface area contributed by atoms with Gasteiger partial charge in [0.2, 0.25) is 11.8 Å². The predicted octanol–water partition coefficient (Wildman–Crippen LogP) is 3.58. The van der Waals surface area contributed by atoms with E-state index in [-0.39, 0.29) is 35.7 Å². The minimum Gasteiger partial charge on any atom is -0.355 e. The van der Waals surface area contributed by atoms with Gasteiger partial charge in [-0.2, -0.15) is 0 Å². The van der Waals surface area contributed by atoms with E-state index in [9.17, 15) is 14.4 Å². The number of nitrogens with one attached hydrogen (secondary N) is 2. The van der Waals surface area contributed by atoms with E-state index in [0.717, 1.165) is 51.2 Å². The molecule has 1 aliphatic carbocycles. The number of unbranched alkanes of at least 4 members (excludes halogenated alkanes) is 2. The average molecular weight is 483 g/mol. The van der Waals surface area contributed by atoms with Crippen LogP contribution < -0.4 is 10.6 Å². The molecule has 1 aromatic rings. The molecule has 0 spiro atoms. The van der Waals surface area contributed by atoms with Crippen LogP contribution in [-0.2, 0) is 16.0 Å². The predicted molar refractivity (Wildman–Crippen MR) is 137 cm³/mol. The molecule has 7 heteroatoms. The maximum absolute atomic E-state index is 12.9. The molecule has 3 aliphatic rings. The van der Waals surface area contributed by atoms with Crippen molar-refractivity contribution in [3.8, 4) is 0 Å². The summed E-state index contributed by atoms with van der Waals surface area (Å²) in [6, 6.07) is 10.2. The summed E-state index contributed by atoms with van der Waals surface area (Å²) in [7, 11) is 0. The van der Waals surface area contributed by atoms with Crippen molar-refractivity contribution in [2.24, 2.45) is 17.8 Å². The van der Waals surface area contributed by atoms with Crippen LogP contribution in [0.1, 0.15) is 63.9 Å². The second kappa shape index (κ2) is 12.5. The second-order valence-electron chi connectivity index (χ2n) is 10.6. The van der Waals surface area contributed by atoms with Crippen LogP contribution in [-0.4, -0.2) is 66.4 Å². The standard InChI is InChI=1S/C28H42N4O3/c1-2-3-7-15-32-27(34)24-11-10-23(20-25(24)30-28(32)35)26(33)29-14-18-31-16-12-22(13-17-31)19-21-8-5-4-6-9-21/h4-6,8-9,22-25H,2-3,7,10-20H2,1H3,(H,29,33)(H,30,35). The largest absolute Gasteiger partial charge is 0.355 e. The molecule has 4 rings (SSSR count). The number of nitrogens with zero attached hydrogens (tertiary/aromatic N) is 2. The fourth-order valence-corrected chi connectivity index (χ4v) is 5.98. The molecule has 2 aliphatic heterocycles. The Balaban J connectivity index is 1.15. The Hall–Kier alpha value is -2.41. The van der Waals surface area contributed by atoms with Crippen molar-refractivity contribution in [1.29, 1.82) is 0 Å². The highest BCUT2D eigenvalue weighted by atomic mass is 16.2. The highest BCUT2D eigenvalue weighted by molar-refractivity contribution is 5.99. The third-order valence-corrected chi connectivity index (χ3v) is 8.15. The fourth-order valence-electron chi connectivity index (χ4n) is 5.98. The Morgan fingerprint density at radius 2 is 1.80 bits per heavy atom. The molecule has 0 bridgehead atoms. The van der Waals surface area contributed by atoms with E-state index >= 15 is 0 Å². The van der Waals surface area contributed by atoms with Crippen LogP contribution in [0.4, 0.5) is 4.79 Å². The van der Waals surface area contributed by atoms with Gasteiger partial charge in [0, 0.05) is 31.6 Å². The van der Waals surface area contributed by atoms with Gasteiger partial charge in [-0.3, -0.25) is 14.5 Å². The molecule has 1 aromatic carbocycles. The van der Waals surface area contributed by atoms with Gasteiger partial charge in [-0.25, -0.2) is 4.79 Å². The van der Waals surface area contributed by atoms with E-state index in [0.29, 0.717) is 32.4 Å². The molecule has 2 saturated heterocycles. The third kappa shape index (κ3) is 6.84. The maximum Gasteiger partial charge on any atom is 0.324 e. The van der Waals surface area contributed by atoms with Crippen molar-refractivity contribution >= 4 is 17.8 Å². The van der Waals surface area contributed by atoms with Crippen LogP contribution in [0, 0.1) is 17.8 Å². The van der Waals surface area contributed by atoms with Crippen molar-refractivity contribution < 1.29 is 14.4 Å². The Kier molecular flexibility index (Phi) is 9.18. The summed E-state index contributed by atoms with van der Waals surface area (Å²) >= 11 is 0. The smallest absolute Gasteiger partial charge is 0.324 e. The number of fused-ring (bicyclic) bond motifs is 1. The van der Waals surface area contributed by atoms with E-state index in [1.165, 1.54) is 23.3 Å². The first-order valence-electron chi connectivity index (χ1n) is 13.7. The molecule has 7 nitrogen and oxygen atoms in total. The van der Waals surface area contributed by atoms with Crippen LogP contribution in [0.2, 0.25) is 0 Å². The van der Waals surface area contributed by atoms with Crippen LogP contribution in [0.5, 0.6) is 0 Å². The average Bonchev–Trinajstić information content (AvgIpc) is 2.87. The highest BCUT2D eigenvalue weighted by Gasteiger charge is 2.45. The van der Waals surface area contributed by atoms with Gasteiger partial charge < -0.3 is 15.5 Å². The van der Waals surface area contributed by atoms with Crippen LogP contribution in [0.25, 0.3) is 0 Å². The molecule has 4 amide bonds. The molecule has 0 aromatic heterocycles. The van der Waals surface area contributed by atoms with Gasteiger partial charge in [0.25, 0.3) is 0 Å². The Bertz CT molecular complexity index is 853. The number of carbonyl (C=O) groups excluding carboxylic acids is 3. The fraction of sp³-hybridized carbons (Fsp3) is 0.679. The number of hydrogen-bond acceptors (Lipinski definition) is 4. The van der Waals surface area contributed by atoms with Gasteiger partial charge in [-0.05, 0) is 69.5 Å². The summed E-state index contributed by atoms with van der Waals surface area (Å²) in [6.07, 6.45) is 8.42. The first-order chi connectivity index (χ1) is 17.0. The molecule has 1 saturated carbocycles. The number of imide groups is 1. The van der Waals surface area contributed by atoms with Crippen LogP contribution in [0.3, 0.4) is 0 Å². The van der Waals surface area contributed by atoms with Crippen LogP contribution >= 0.6 is 0 Å². The zero-order valence-corrected chi connectivity index (χ0v) is 21.2. The molecule has 0 radical (unpaired) electrons. The van der Waals surface area contributed by atoms with Gasteiger partial charge >= 0.3 is 6.03 Å². The molecule has 3 fully saturated rings. The number of carbonyl (C=O) groups is 3. The number of likely N-dealkylation sites (tertiary alicyclic amines) is 1. The minimum absolute atomic E-state index is 0.0515. The van der Waals surface area contributed by atoms with Gasteiger partial charge in [0.05, 0.1) is 5.92 Å². The van der Waals surface area contributed by atoms with Gasteiger partial charge in [0.1, 0.15) is 0 Å². The number of urea groups is 1. The lowest BCUT2D eigenvalue weighted by Crippen LogP contribution is -2.62. The summed E-state index contributed by atoms with van der Waals surface area (Å²) in [5, 5.41) is 6.14. The Labute approximate surface area is 210 Å². The second-order valence-corrected chi connectivity index (χ2v) is 10.6. The zero-order chi connectivity index (χ0) is 24.6. The SMILES string of the molecule is CCCCCN1C(=O)NC2CC(C(=O)NCCN3CCC(Cc4ccccc4)CC3)CCC2C1=O. The van der Waals surface area contributed by atoms with E-state index in [1.54, 1.807) is 0 Å². The van der Waals surface area contributed by atoms with E-state index in [2.05, 4.69) is 52.8 Å².